The molecule has 0 aliphatic carbocycles. The minimum absolute atomic E-state index is 0.621. The predicted octanol–water partition coefficient (Wildman–Crippen LogP) is 13.2. The lowest BCUT2D eigenvalue weighted by Crippen LogP contribution is -2.00. The van der Waals surface area contributed by atoms with Gasteiger partial charge in [0, 0.05) is 43.9 Å². The Morgan fingerprint density at radius 1 is 0.304 bits per heavy atom. The molecule has 11 rings (SSSR count). The van der Waals surface area contributed by atoms with Crippen LogP contribution in [0.4, 0.5) is 0 Å². The Morgan fingerprint density at radius 2 is 0.768 bits per heavy atom. The molecule has 0 radical (unpaired) electrons. The molecule has 8 aromatic carbocycles. The molecule has 0 aliphatic heterocycles. The number of fused-ring (bicyclic) bond motifs is 6. The van der Waals surface area contributed by atoms with Gasteiger partial charge in [-0.3, -0.25) is 0 Å². The van der Waals surface area contributed by atoms with Crippen molar-refractivity contribution in [2.75, 3.05) is 0 Å². The largest absolute Gasteiger partial charge is 0.456 e. The van der Waals surface area contributed by atoms with E-state index >= 15 is 0 Å². The number of benzene rings is 8. The highest BCUT2D eigenvalue weighted by molar-refractivity contribution is 6.10. The number of nitrogens with zero attached hydrogens (tertiary/aromatic N) is 4. The summed E-state index contributed by atoms with van der Waals surface area (Å²) in [6, 6.07) is 67.5. The summed E-state index contributed by atoms with van der Waals surface area (Å²) in [5, 5.41) is 4.62. The number of furan rings is 1. The second-order valence-electron chi connectivity index (χ2n) is 14.1. The SMILES string of the molecule is c1ccc(-c2ccc(-c3nc(-c4ccccc4)nc(-c4ccc5c6ccccc6n(-c6ccc(-c7ccc8c(c7)oc7ccccc78)cc6)c5c4)n3)cc2)cc1. The standard InChI is InChI=1S/C51H32N4O/c1-3-11-33(12-4-1)34-19-21-37(22-20-34)50-52-49(36-13-5-2-6-14-36)53-51(54-50)39-26-29-42-41-15-7-9-17-45(41)55(46(42)31-39)40-27-23-35(24-28-40)38-25-30-44-43-16-8-10-18-47(43)56-48(44)32-38/h1-32H. The van der Waals surface area contributed by atoms with Gasteiger partial charge in [0.05, 0.1) is 11.0 Å². The number of hydrogen-bond acceptors (Lipinski definition) is 4. The molecule has 3 aromatic heterocycles. The van der Waals surface area contributed by atoms with Gasteiger partial charge in [-0.1, -0.05) is 152 Å². The average Bonchev–Trinajstić information content (AvgIpc) is 3.82. The molecule has 0 N–H and O–H groups in total. The van der Waals surface area contributed by atoms with Crippen LogP contribution in [0.15, 0.2) is 199 Å². The highest BCUT2D eigenvalue weighted by Gasteiger charge is 2.17. The fourth-order valence-corrected chi connectivity index (χ4v) is 7.89. The van der Waals surface area contributed by atoms with Crippen molar-refractivity contribution in [1.29, 1.82) is 0 Å². The lowest BCUT2D eigenvalue weighted by atomic mass is 10.0. The van der Waals surface area contributed by atoms with Crippen LogP contribution in [0.25, 0.3) is 106 Å². The van der Waals surface area contributed by atoms with Crippen molar-refractivity contribution in [3.05, 3.63) is 194 Å². The van der Waals surface area contributed by atoms with Gasteiger partial charge in [-0.25, -0.2) is 15.0 Å². The minimum atomic E-state index is 0.621. The summed E-state index contributed by atoms with van der Waals surface area (Å²) < 4.78 is 8.55. The van der Waals surface area contributed by atoms with Crippen LogP contribution >= 0.6 is 0 Å². The highest BCUT2D eigenvalue weighted by Crippen LogP contribution is 2.37. The van der Waals surface area contributed by atoms with Gasteiger partial charge in [-0.2, -0.15) is 0 Å². The molecule has 0 spiro atoms. The topological polar surface area (TPSA) is 56.7 Å². The van der Waals surface area contributed by atoms with Gasteiger partial charge < -0.3 is 8.98 Å². The third-order valence-electron chi connectivity index (χ3n) is 10.7. The maximum Gasteiger partial charge on any atom is 0.164 e. The molecule has 0 atom stereocenters. The van der Waals surface area contributed by atoms with Crippen molar-refractivity contribution in [1.82, 2.24) is 19.5 Å². The Bertz CT molecular complexity index is 3220. The third-order valence-corrected chi connectivity index (χ3v) is 10.7. The molecule has 11 aromatic rings. The Hall–Kier alpha value is -7.63. The van der Waals surface area contributed by atoms with Gasteiger partial charge in [0.25, 0.3) is 0 Å². The van der Waals surface area contributed by atoms with E-state index in [0.717, 1.165) is 77.4 Å². The normalized spacial score (nSPS) is 11.6. The van der Waals surface area contributed by atoms with Gasteiger partial charge in [-0.05, 0) is 64.7 Å². The van der Waals surface area contributed by atoms with Crippen molar-refractivity contribution in [3.8, 4) is 62.1 Å². The molecule has 0 amide bonds. The van der Waals surface area contributed by atoms with Crippen molar-refractivity contribution in [3.63, 3.8) is 0 Å². The first-order valence-corrected chi connectivity index (χ1v) is 18.8. The van der Waals surface area contributed by atoms with Crippen molar-refractivity contribution < 1.29 is 4.42 Å². The van der Waals surface area contributed by atoms with Crippen LogP contribution in [0.3, 0.4) is 0 Å². The molecule has 0 aliphatic rings. The maximum absolute atomic E-state index is 6.21. The monoisotopic (exact) mass is 716 g/mol. The zero-order chi connectivity index (χ0) is 37.0. The van der Waals surface area contributed by atoms with E-state index in [4.69, 9.17) is 19.4 Å². The first-order chi connectivity index (χ1) is 27.7. The molecule has 0 unspecified atom stereocenters. The number of para-hydroxylation sites is 2. The molecule has 262 valence electrons. The summed E-state index contributed by atoms with van der Waals surface area (Å²) in [7, 11) is 0. The van der Waals surface area contributed by atoms with Crippen LogP contribution < -0.4 is 0 Å². The predicted molar refractivity (Wildman–Crippen MR) is 229 cm³/mol. The Kier molecular flexibility index (Phi) is 7.42. The van der Waals surface area contributed by atoms with Gasteiger partial charge in [-0.15, -0.1) is 0 Å². The van der Waals surface area contributed by atoms with Crippen LogP contribution in [0.1, 0.15) is 0 Å². The summed E-state index contributed by atoms with van der Waals surface area (Å²) in [6.07, 6.45) is 0. The maximum atomic E-state index is 6.21. The zero-order valence-corrected chi connectivity index (χ0v) is 30.2. The average molecular weight is 717 g/mol. The fraction of sp³-hybridized carbons (Fsp3) is 0. The van der Waals surface area contributed by atoms with Crippen LogP contribution in [0.2, 0.25) is 0 Å². The van der Waals surface area contributed by atoms with Gasteiger partial charge >= 0.3 is 0 Å². The summed E-state index contributed by atoms with van der Waals surface area (Å²) in [6.45, 7) is 0. The molecular weight excluding hydrogens is 685 g/mol. The first-order valence-electron chi connectivity index (χ1n) is 18.8. The Balaban J connectivity index is 1.02. The van der Waals surface area contributed by atoms with Gasteiger partial charge in [0.15, 0.2) is 17.5 Å². The van der Waals surface area contributed by atoms with E-state index in [0.29, 0.717) is 17.5 Å². The number of hydrogen-bond donors (Lipinski definition) is 0. The highest BCUT2D eigenvalue weighted by atomic mass is 16.3. The Labute approximate surface area is 322 Å². The molecule has 56 heavy (non-hydrogen) atoms. The molecular formula is C51H32N4O. The van der Waals surface area contributed by atoms with Crippen molar-refractivity contribution >= 4 is 43.7 Å². The van der Waals surface area contributed by atoms with E-state index in [-0.39, 0.29) is 0 Å². The second kappa shape index (κ2) is 13.0. The molecule has 0 saturated carbocycles. The van der Waals surface area contributed by atoms with Crippen LogP contribution in [-0.2, 0) is 0 Å². The van der Waals surface area contributed by atoms with Crippen LogP contribution in [-0.4, -0.2) is 19.5 Å². The van der Waals surface area contributed by atoms with Crippen LogP contribution in [0.5, 0.6) is 0 Å². The van der Waals surface area contributed by atoms with Gasteiger partial charge in [0.1, 0.15) is 11.2 Å². The zero-order valence-electron chi connectivity index (χ0n) is 30.2. The number of aromatic nitrogens is 4. The minimum Gasteiger partial charge on any atom is -0.456 e. The smallest absolute Gasteiger partial charge is 0.164 e. The lowest BCUT2D eigenvalue weighted by molar-refractivity contribution is 0.669. The fourth-order valence-electron chi connectivity index (χ4n) is 7.89. The van der Waals surface area contributed by atoms with E-state index in [1.165, 1.54) is 10.9 Å². The summed E-state index contributed by atoms with van der Waals surface area (Å²) in [5.41, 5.74) is 12.4. The first kappa shape index (κ1) is 31.9. The van der Waals surface area contributed by atoms with Gasteiger partial charge in [0.2, 0.25) is 0 Å². The molecule has 0 fully saturated rings. The van der Waals surface area contributed by atoms with E-state index in [1.807, 2.05) is 48.5 Å². The van der Waals surface area contributed by atoms with E-state index in [1.54, 1.807) is 0 Å². The number of rotatable bonds is 6. The molecule has 0 saturated heterocycles. The van der Waals surface area contributed by atoms with E-state index in [2.05, 4.69) is 150 Å². The summed E-state index contributed by atoms with van der Waals surface area (Å²) >= 11 is 0. The van der Waals surface area contributed by atoms with Crippen molar-refractivity contribution in [2.45, 2.75) is 0 Å². The molecule has 5 heteroatoms. The lowest BCUT2D eigenvalue weighted by Gasteiger charge is -2.11. The molecule has 0 bridgehead atoms. The Morgan fingerprint density at radius 3 is 1.52 bits per heavy atom. The third kappa shape index (κ3) is 5.45. The van der Waals surface area contributed by atoms with Crippen LogP contribution in [0, 0.1) is 0 Å². The van der Waals surface area contributed by atoms with Crippen molar-refractivity contribution in [2.24, 2.45) is 0 Å². The van der Waals surface area contributed by atoms with E-state index < -0.39 is 0 Å². The quantitative estimate of drug-likeness (QED) is 0.172. The van der Waals surface area contributed by atoms with E-state index in [9.17, 15) is 0 Å². The summed E-state index contributed by atoms with van der Waals surface area (Å²) in [5.74, 6) is 1.89. The molecule has 3 heterocycles. The summed E-state index contributed by atoms with van der Waals surface area (Å²) in [4.78, 5) is 15.2. The molecule has 5 nitrogen and oxygen atoms in total. The second-order valence-corrected chi connectivity index (χ2v) is 14.1.